The second kappa shape index (κ2) is 14.7. The van der Waals surface area contributed by atoms with E-state index in [1.165, 1.54) is 6.42 Å². The van der Waals surface area contributed by atoms with Gasteiger partial charge in [-0.2, -0.15) is 0 Å². The first kappa shape index (κ1) is 23.2. The third-order valence-electron chi connectivity index (χ3n) is 0. The Morgan fingerprint density at radius 1 is 1.10 bits per heavy atom. The Kier molecular flexibility index (Phi) is 34.0. The average Bonchev–Trinajstić information content (AvgIpc) is 1.27. The SMILES string of the molecule is CCC.O=S(=O)([O-])[O-].[K+].[K+]. The van der Waals surface area contributed by atoms with Crippen molar-refractivity contribution in [3.05, 3.63) is 0 Å². The van der Waals surface area contributed by atoms with E-state index in [1.54, 1.807) is 0 Å². The molecular formula is C3H8K2O4S. The van der Waals surface area contributed by atoms with Gasteiger partial charge >= 0.3 is 103 Å². The second-order valence-electron chi connectivity index (χ2n) is 1.12. The van der Waals surface area contributed by atoms with E-state index in [2.05, 4.69) is 13.8 Å². The first-order valence-corrected chi connectivity index (χ1v) is 3.41. The molecule has 0 rings (SSSR count). The van der Waals surface area contributed by atoms with Crippen LogP contribution in [-0.2, 0) is 10.4 Å². The molecule has 0 unspecified atom stereocenters. The standard InChI is InChI=1S/C3H8.2K.H2O4S/c1-3-2;;;1-5(2,3)4/h3H2,1-2H3;;;(H2,1,2,3,4)/q;2*+1;/p-2. The molecule has 0 saturated heterocycles. The van der Waals surface area contributed by atoms with E-state index >= 15 is 0 Å². The number of hydrogen-bond donors (Lipinski definition) is 0. The summed E-state index contributed by atoms with van der Waals surface area (Å²) in [6, 6.07) is 0. The van der Waals surface area contributed by atoms with Gasteiger partial charge in [-0.25, -0.2) is 0 Å². The molecule has 10 heavy (non-hydrogen) atoms. The number of hydrogen-bond acceptors (Lipinski definition) is 4. The maximum Gasteiger partial charge on any atom is 1.00 e. The van der Waals surface area contributed by atoms with E-state index in [9.17, 15) is 0 Å². The van der Waals surface area contributed by atoms with Gasteiger partial charge in [0.05, 0.1) is 0 Å². The fourth-order valence-electron chi connectivity index (χ4n) is 0. The van der Waals surface area contributed by atoms with E-state index in [1.807, 2.05) is 0 Å². The van der Waals surface area contributed by atoms with Crippen molar-refractivity contribution in [3.63, 3.8) is 0 Å². The maximum atomic E-state index is 8.52. The smallest absolute Gasteiger partial charge is 0.759 e. The van der Waals surface area contributed by atoms with Crippen molar-refractivity contribution < 1.29 is 120 Å². The summed E-state index contributed by atoms with van der Waals surface area (Å²) in [4.78, 5) is 0. The summed E-state index contributed by atoms with van der Waals surface area (Å²) < 4.78 is 34.1. The topological polar surface area (TPSA) is 80.3 Å². The van der Waals surface area contributed by atoms with Crippen LogP contribution >= 0.6 is 0 Å². The third-order valence-corrected chi connectivity index (χ3v) is 0. The summed E-state index contributed by atoms with van der Waals surface area (Å²) >= 11 is 0. The molecule has 4 nitrogen and oxygen atoms in total. The van der Waals surface area contributed by atoms with Gasteiger partial charge in [0.25, 0.3) is 0 Å². The number of rotatable bonds is 0. The van der Waals surface area contributed by atoms with Crippen molar-refractivity contribution in [2.24, 2.45) is 0 Å². The van der Waals surface area contributed by atoms with E-state index in [-0.39, 0.29) is 103 Å². The van der Waals surface area contributed by atoms with Crippen LogP contribution < -0.4 is 103 Å². The summed E-state index contributed by atoms with van der Waals surface area (Å²) in [5.41, 5.74) is 0. The van der Waals surface area contributed by atoms with Crippen molar-refractivity contribution in [2.75, 3.05) is 0 Å². The largest absolute Gasteiger partial charge is 1.00 e. The van der Waals surface area contributed by atoms with Crippen LogP contribution in [0.15, 0.2) is 0 Å². The Hall–Kier alpha value is 3.14. The molecule has 7 heteroatoms. The Morgan fingerprint density at radius 2 is 1.10 bits per heavy atom. The minimum atomic E-state index is -5.17. The Labute approximate surface area is 147 Å². The van der Waals surface area contributed by atoms with E-state index < -0.39 is 10.4 Å². The fourth-order valence-corrected chi connectivity index (χ4v) is 0. The normalized spacial score (nSPS) is 7.60. The van der Waals surface area contributed by atoms with Gasteiger partial charge in [0.1, 0.15) is 0 Å². The first-order valence-electron chi connectivity index (χ1n) is 2.08. The molecule has 0 fully saturated rings. The minimum Gasteiger partial charge on any atom is -0.759 e. The Balaban J connectivity index is -0.0000000326. The first-order chi connectivity index (χ1) is 3.41. The summed E-state index contributed by atoms with van der Waals surface area (Å²) in [5.74, 6) is 0. The molecule has 0 spiro atoms. The summed E-state index contributed by atoms with van der Waals surface area (Å²) in [6.45, 7) is 4.25. The zero-order valence-electron chi connectivity index (χ0n) is 6.75. The van der Waals surface area contributed by atoms with Gasteiger partial charge in [0.2, 0.25) is 0 Å². The molecule has 0 aromatic rings. The van der Waals surface area contributed by atoms with Crippen LogP contribution in [0.2, 0.25) is 0 Å². The molecule has 0 amide bonds. The van der Waals surface area contributed by atoms with E-state index in [4.69, 9.17) is 17.5 Å². The van der Waals surface area contributed by atoms with Crippen LogP contribution in [0.4, 0.5) is 0 Å². The molecule has 0 aliphatic heterocycles. The molecule has 0 bridgehead atoms. The minimum absolute atomic E-state index is 0. The van der Waals surface area contributed by atoms with E-state index in [0.717, 1.165) is 0 Å². The van der Waals surface area contributed by atoms with Gasteiger partial charge in [-0.3, -0.25) is 8.42 Å². The molecular weight excluding hydrogens is 210 g/mol. The van der Waals surface area contributed by atoms with Crippen LogP contribution in [0.25, 0.3) is 0 Å². The monoisotopic (exact) mass is 218 g/mol. The molecule has 0 heterocycles. The van der Waals surface area contributed by atoms with Crippen molar-refractivity contribution in [3.8, 4) is 0 Å². The molecule has 0 saturated carbocycles. The van der Waals surface area contributed by atoms with Crippen molar-refractivity contribution in [1.82, 2.24) is 0 Å². The van der Waals surface area contributed by atoms with Gasteiger partial charge in [0.15, 0.2) is 0 Å². The van der Waals surface area contributed by atoms with Crippen molar-refractivity contribution >= 4 is 10.4 Å². The van der Waals surface area contributed by atoms with Gasteiger partial charge in [-0.15, -0.1) is 0 Å². The fraction of sp³-hybridized carbons (Fsp3) is 1.00. The molecule has 0 atom stereocenters. The summed E-state index contributed by atoms with van der Waals surface area (Å²) in [7, 11) is -5.17. The van der Waals surface area contributed by atoms with Crippen LogP contribution in [0.1, 0.15) is 20.3 Å². The molecule has 0 radical (unpaired) electrons. The Morgan fingerprint density at radius 3 is 1.10 bits per heavy atom. The molecule has 0 N–H and O–H groups in total. The third kappa shape index (κ3) is 116. The molecule has 52 valence electrons. The predicted molar refractivity (Wildman–Crippen MR) is 26.4 cm³/mol. The molecule has 0 aliphatic rings. The predicted octanol–water partition coefficient (Wildman–Crippen LogP) is -5.91. The zero-order valence-corrected chi connectivity index (χ0v) is 13.8. The second-order valence-corrected chi connectivity index (χ2v) is 1.93. The van der Waals surface area contributed by atoms with Crippen LogP contribution in [0, 0.1) is 0 Å². The van der Waals surface area contributed by atoms with Gasteiger partial charge in [0, 0.05) is 10.4 Å². The average molecular weight is 218 g/mol. The van der Waals surface area contributed by atoms with Gasteiger partial charge in [-0.1, -0.05) is 20.3 Å². The van der Waals surface area contributed by atoms with Crippen molar-refractivity contribution in [1.29, 1.82) is 0 Å². The molecule has 0 aromatic carbocycles. The maximum absolute atomic E-state index is 8.52. The van der Waals surface area contributed by atoms with Crippen LogP contribution in [-0.4, -0.2) is 17.5 Å². The Bertz CT molecular complexity index is 112. The quantitative estimate of drug-likeness (QED) is 0.230. The molecule has 0 aromatic heterocycles. The van der Waals surface area contributed by atoms with Crippen LogP contribution in [0.3, 0.4) is 0 Å². The van der Waals surface area contributed by atoms with E-state index in [0.29, 0.717) is 0 Å². The van der Waals surface area contributed by atoms with Crippen LogP contribution in [0.5, 0.6) is 0 Å². The summed E-state index contributed by atoms with van der Waals surface area (Å²) in [6.07, 6.45) is 1.25. The zero-order chi connectivity index (χ0) is 7.21. The molecule has 0 aliphatic carbocycles. The van der Waals surface area contributed by atoms with Gasteiger partial charge < -0.3 is 9.11 Å². The van der Waals surface area contributed by atoms with Gasteiger partial charge in [-0.05, 0) is 0 Å². The van der Waals surface area contributed by atoms with Crippen molar-refractivity contribution in [2.45, 2.75) is 20.3 Å². The summed E-state index contributed by atoms with van der Waals surface area (Å²) in [5, 5.41) is 0.